The molecule has 94 valence electrons. The first kappa shape index (κ1) is 13.6. The molecule has 1 rings (SSSR count). The van der Waals surface area contributed by atoms with Gasteiger partial charge in [0.05, 0.1) is 4.92 Å². The molecule has 0 radical (unpaired) electrons. The lowest BCUT2D eigenvalue weighted by atomic mass is 10.1. The van der Waals surface area contributed by atoms with Crippen LogP contribution in [0.15, 0.2) is 18.2 Å². The third-order valence-corrected chi connectivity index (χ3v) is 2.67. The van der Waals surface area contributed by atoms with Crippen molar-refractivity contribution in [1.82, 2.24) is 10.2 Å². The molecule has 1 N–H and O–H groups in total. The Balaban J connectivity index is 2.59. The summed E-state index contributed by atoms with van der Waals surface area (Å²) < 4.78 is 0. The Labute approximate surface area is 102 Å². The molecule has 0 fully saturated rings. The Morgan fingerprint density at radius 3 is 2.71 bits per heavy atom. The van der Waals surface area contributed by atoms with Gasteiger partial charge in [-0.1, -0.05) is 12.1 Å². The maximum Gasteiger partial charge on any atom is 0.272 e. The van der Waals surface area contributed by atoms with Crippen molar-refractivity contribution in [3.05, 3.63) is 39.4 Å². The van der Waals surface area contributed by atoms with Gasteiger partial charge in [0, 0.05) is 31.3 Å². The summed E-state index contributed by atoms with van der Waals surface area (Å²) >= 11 is 0. The predicted octanol–water partition coefficient (Wildman–Crippen LogP) is 1.55. The van der Waals surface area contributed by atoms with Crippen LogP contribution in [0.5, 0.6) is 0 Å². The Morgan fingerprint density at radius 1 is 1.41 bits per heavy atom. The molecule has 0 heterocycles. The van der Waals surface area contributed by atoms with Crippen molar-refractivity contribution in [2.45, 2.75) is 13.5 Å². The summed E-state index contributed by atoms with van der Waals surface area (Å²) in [5.74, 6) is 0. The number of hydrogen-bond acceptors (Lipinski definition) is 4. The monoisotopic (exact) mass is 237 g/mol. The van der Waals surface area contributed by atoms with Gasteiger partial charge in [-0.3, -0.25) is 10.1 Å². The minimum Gasteiger partial charge on any atom is -0.311 e. The number of nitro benzene ring substituents is 1. The van der Waals surface area contributed by atoms with E-state index < -0.39 is 0 Å². The molecule has 0 saturated carbocycles. The van der Waals surface area contributed by atoms with Crippen LogP contribution in [0.1, 0.15) is 11.1 Å². The molecule has 0 unspecified atom stereocenters. The van der Waals surface area contributed by atoms with Crippen molar-refractivity contribution >= 4 is 5.69 Å². The van der Waals surface area contributed by atoms with Gasteiger partial charge in [-0.05, 0) is 26.6 Å². The molecule has 0 amide bonds. The highest BCUT2D eigenvalue weighted by Crippen LogP contribution is 2.20. The first-order chi connectivity index (χ1) is 8.02. The molecule has 0 atom stereocenters. The lowest BCUT2D eigenvalue weighted by Crippen LogP contribution is -2.26. The first-order valence-corrected chi connectivity index (χ1v) is 5.60. The Hall–Kier alpha value is -1.46. The van der Waals surface area contributed by atoms with Crippen LogP contribution in [0, 0.1) is 17.0 Å². The molecule has 5 nitrogen and oxygen atoms in total. The minimum atomic E-state index is -0.335. The van der Waals surface area contributed by atoms with E-state index in [2.05, 4.69) is 10.2 Å². The Bertz CT molecular complexity index is 391. The van der Waals surface area contributed by atoms with E-state index in [0.717, 1.165) is 24.2 Å². The summed E-state index contributed by atoms with van der Waals surface area (Å²) in [6, 6.07) is 5.19. The van der Waals surface area contributed by atoms with Gasteiger partial charge >= 0.3 is 0 Å². The molecule has 0 spiro atoms. The van der Waals surface area contributed by atoms with Gasteiger partial charge in [-0.2, -0.15) is 0 Å². The molecule has 0 aliphatic rings. The molecule has 0 aliphatic heterocycles. The van der Waals surface area contributed by atoms with Crippen molar-refractivity contribution in [2.24, 2.45) is 0 Å². The van der Waals surface area contributed by atoms with E-state index in [1.165, 1.54) is 0 Å². The maximum absolute atomic E-state index is 10.8. The first-order valence-electron chi connectivity index (χ1n) is 5.60. The number of benzene rings is 1. The lowest BCUT2D eigenvalue weighted by Gasteiger charge is -2.11. The third kappa shape index (κ3) is 4.13. The van der Waals surface area contributed by atoms with Crippen LogP contribution in [0.25, 0.3) is 0 Å². The van der Waals surface area contributed by atoms with Gasteiger partial charge < -0.3 is 10.2 Å². The number of nitrogens with one attached hydrogen (secondary N) is 1. The second-order valence-corrected chi connectivity index (χ2v) is 4.30. The summed E-state index contributed by atoms with van der Waals surface area (Å²) in [4.78, 5) is 12.5. The van der Waals surface area contributed by atoms with Gasteiger partial charge in [0.1, 0.15) is 0 Å². The molecule has 0 aromatic heterocycles. The van der Waals surface area contributed by atoms with Crippen LogP contribution in [-0.2, 0) is 6.54 Å². The SMILES string of the molecule is Cc1c(CNCCN(C)C)cccc1[N+](=O)[O-]. The summed E-state index contributed by atoms with van der Waals surface area (Å²) in [7, 11) is 4.03. The fourth-order valence-corrected chi connectivity index (χ4v) is 1.58. The van der Waals surface area contributed by atoms with E-state index in [-0.39, 0.29) is 10.6 Å². The number of nitro groups is 1. The second-order valence-electron chi connectivity index (χ2n) is 4.30. The van der Waals surface area contributed by atoms with E-state index in [1.807, 2.05) is 20.2 Å². The Kier molecular flexibility index (Phi) is 5.06. The van der Waals surface area contributed by atoms with Crippen LogP contribution in [-0.4, -0.2) is 37.0 Å². The molecule has 5 heteroatoms. The van der Waals surface area contributed by atoms with Gasteiger partial charge in [0.2, 0.25) is 0 Å². The summed E-state index contributed by atoms with van der Waals surface area (Å²) in [5.41, 5.74) is 1.92. The molecule has 0 aliphatic carbocycles. The van der Waals surface area contributed by atoms with Crippen LogP contribution in [0.3, 0.4) is 0 Å². The molecule has 1 aromatic carbocycles. The molecule has 0 bridgehead atoms. The number of nitrogens with zero attached hydrogens (tertiary/aromatic N) is 2. The molecule has 1 aromatic rings. The van der Waals surface area contributed by atoms with Crippen molar-refractivity contribution in [2.75, 3.05) is 27.2 Å². The third-order valence-electron chi connectivity index (χ3n) is 2.67. The number of rotatable bonds is 6. The number of hydrogen-bond donors (Lipinski definition) is 1. The largest absolute Gasteiger partial charge is 0.311 e. The maximum atomic E-state index is 10.8. The number of likely N-dealkylation sites (N-methyl/N-ethyl adjacent to an activating group) is 1. The van der Waals surface area contributed by atoms with Crippen LogP contribution in [0.2, 0.25) is 0 Å². The zero-order valence-electron chi connectivity index (χ0n) is 10.6. The van der Waals surface area contributed by atoms with Gasteiger partial charge in [-0.15, -0.1) is 0 Å². The molecule has 17 heavy (non-hydrogen) atoms. The van der Waals surface area contributed by atoms with Gasteiger partial charge in [-0.25, -0.2) is 0 Å². The van der Waals surface area contributed by atoms with Crippen LogP contribution < -0.4 is 5.32 Å². The van der Waals surface area contributed by atoms with Crippen molar-refractivity contribution in [1.29, 1.82) is 0 Å². The van der Waals surface area contributed by atoms with E-state index in [4.69, 9.17) is 0 Å². The van der Waals surface area contributed by atoms with Crippen molar-refractivity contribution in [3.8, 4) is 0 Å². The quantitative estimate of drug-likeness (QED) is 0.463. The van der Waals surface area contributed by atoms with E-state index in [0.29, 0.717) is 6.54 Å². The van der Waals surface area contributed by atoms with Gasteiger partial charge in [0.15, 0.2) is 0 Å². The second kappa shape index (κ2) is 6.32. The van der Waals surface area contributed by atoms with Gasteiger partial charge in [0.25, 0.3) is 5.69 Å². The van der Waals surface area contributed by atoms with Crippen LogP contribution in [0.4, 0.5) is 5.69 Å². The fraction of sp³-hybridized carbons (Fsp3) is 0.500. The average Bonchev–Trinajstić information content (AvgIpc) is 2.25. The highest BCUT2D eigenvalue weighted by atomic mass is 16.6. The summed E-state index contributed by atoms with van der Waals surface area (Å²) in [6.07, 6.45) is 0. The van der Waals surface area contributed by atoms with Crippen molar-refractivity contribution in [3.63, 3.8) is 0 Å². The fourth-order valence-electron chi connectivity index (χ4n) is 1.58. The average molecular weight is 237 g/mol. The standard InChI is InChI=1S/C12H19N3O2/c1-10-11(9-13-7-8-14(2)3)5-4-6-12(10)15(16)17/h4-6,13H,7-9H2,1-3H3. The normalized spacial score (nSPS) is 10.8. The Morgan fingerprint density at radius 2 is 2.12 bits per heavy atom. The van der Waals surface area contributed by atoms with Crippen molar-refractivity contribution < 1.29 is 4.92 Å². The minimum absolute atomic E-state index is 0.192. The highest BCUT2D eigenvalue weighted by molar-refractivity contribution is 5.44. The zero-order chi connectivity index (χ0) is 12.8. The smallest absolute Gasteiger partial charge is 0.272 e. The summed E-state index contributed by atoms with van der Waals surface area (Å²) in [5, 5.41) is 14.0. The zero-order valence-corrected chi connectivity index (χ0v) is 10.6. The molecular formula is C12H19N3O2. The summed E-state index contributed by atoms with van der Waals surface area (Å²) in [6.45, 7) is 4.28. The van der Waals surface area contributed by atoms with Crippen LogP contribution >= 0.6 is 0 Å². The highest BCUT2D eigenvalue weighted by Gasteiger charge is 2.12. The lowest BCUT2D eigenvalue weighted by molar-refractivity contribution is -0.385. The van der Waals surface area contributed by atoms with E-state index in [9.17, 15) is 10.1 Å². The van der Waals surface area contributed by atoms with E-state index >= 15 is 0 Å². The molecular weight excluding hydrogens is 218 g/mol. The van der Waals surface area contributed by atoms with E-state index in [1.54, 1.807) is 19.1 Å². The molecule has 0 saturated heterocycles. The predicted molar refractivity (Wildman–Crippen MR) is 68.1 cm³/mol. The topological polar surface area (TPSA) is 58.4 Å².